The smallest absolute Gasteiger partial charge is 0.254 e. The van der Waals surface area contributed by atoms with Crippen molar-refractivity contribution < 1.29 is 9.18 Å². The number of aromatic amines is 1. The molecule has 2 heterocycles. The van der Waals surface area contributed by atoms with Crippen molar-refractivity contribution in [1.29, 1.82) is 0 Å². The summed E-state index contributed by atoms with van der Waals surface area (Å²) in [7, 11) is 0. The Balaban J connectivity index is 1.56. The van der Waals surface area contributed by atoms with Crippen LogP contribution in [0.25, 0.3) is 11.4 Å². The van der Waals surface area contributed by atoms with Crippen molar-refractivity contribution in [2.75, 3.05) is 6.54 Å². The molecule has 0 unspecified atom stereocenters. The average molecular weight is 336 g/mol. The Morgan fingerprint density at radius 1 is 1.12 bits per heavy atom. The summed E-state index contributed by atoms with van der Waals surface area (Å²) in [5.41, 5.74) is 2.49. The van der Waals surface area contributed by atoms with Crippen LogP contribution >= 0.6 is 0 Å². The fraction of sp³-hybridized carbons (Fsp3) is 0.211. The van der Waals surface area contributed by atoms with Crippen molar-refractivity contribution in [3.8, 4) is 11.4 Å². The maximum Gasteiger partial charge on any atom is 0.254 e. The largest absolute Gasteiger partial charge is 0.332 e. The Hall–Kier alpha value is -3.02. The Morgan fingerprint density at radius 3 is 2.56 bits per heavy atom. The van der Waals surface area contributed by atoms with E-state index in [0.717, 1.165) is 24.0 Å². The first kappa shape index (κ1) is 15.5. The van der Waals surface area contributed by atoms with E-state index in [1.54, 1.807) is 24.3 Å². The molecule has 126 valence electrons. The molecule has 0 aliphatic carbocycles. The van der Waals surface area contributed by atoms with Gasteiger partial charge in [0.2, 0.25) is 0 Å². The summed E-state index contributed by atoms with van der Waals surface area (Å²) in [6.45, 7) is 0.713. The molecule has 1 aliphatic rings. The molecule has 0 spiro atoms. The molecule has 1 atom stereocenters. The van der Waals surface area contributed by atoms with E-state index in [1.807, 2.05) is 17.0 Å². The molecule has 1 N–H and O–H groups in total. The van der Waals surface area contributed by atoms with Gasteiger partial charge in [0.15, 0.2) is 5.82 Å². The van der Waals surface area contributed by atoms with Crippen LogP contribution in [-0.2, 0) is 0 Å². The topological polar surface area (TPSA) is 61.9 Å². The highest BCUT2D eigenvalue weighted by Crippen LogP contribution is 2.33. The highest BCUT2D eigenvalue weighted by Gasteiger charge is 2.30. The molecule has 1 amide bonds. The number of benzene rings is 2. The third kappa shape index (κ3) is 3.03. The maximum atomic E-state index is 13.2. The molecule has 1 saturated heterocycles. The van der Waals surface area contributed by atoms with Crippen LogP contribution in [0.1, 0.15) is 34.8 Å². The van der Waals surface area contributed by atoms with Gasteiger partial charge >= 0.3 is 0 Å². The van der Waals surface area contributed by atoms with E-state index in [4.69, 9.17) is 0 Å². The highest BCUT2D eigenvalue weighted by molar-refractivity contribution is 5.95. The number of H-pyrrole nitrogens is 1. The molecule has 5 nitrogen and oxygen atoms in total. The number of carbonyl (C=O) groups excluding carboxylic acids is 1. The summed E-state index contributed by atoms with van der Waals surface area (Å²) in [5, 5.41) is 6.63. The average Bonchev–Trinajstić information content (AvgIpc) is 3.34. The number of nitrogens with one attached hydrogen (secondary N) is 1. The number of amides is 1. The molecule has 0 saturated carbocycles. The fourth-order valence-electron chi connectivity index (χ4n) is 3.32. The number of hydrogen-bond donors (Lipinski definition) is 1. The Morgan fingerprint density at radius 2 is 1.88 bits per heavy atom. The molecule has 6 heteroatoms. The van der Waals surface area contributed by atoms with Crippen molar-refractivity contribution in [1.82, 2.24) is 20.1 Å². The summed E-state index contributed by atoms with van der Waals surface area (Å²) in [4.78, 5) is 18.9. The van der Waals surface area contributed by atoms with E-state index in [2.05, 4.69) is 15.2 Å². The van der Waals surface area contributed by atoms with Gasteiger partial charge in [-0.3, -0.25) is 9.89 Å². The fourth-order valence-corrected chi connectivity index (χ4v) is 3.32. The van der Waals surface area contributed by atoms with E-state index < -0.39 is 0 Å². The normalized spacial score (nSPS) is 17.0. The number of nitrogens with zero attached hydrogens (tertiary/aromatic N) is 3. The minimum absolute atomic E-state index is 0.00190. The minimum atomic E-state index is -0.261. The Kier molecular flexibility index (Phi) is 4.01. The maximum absolute atomic E-state index is 13.2. The first-order valence-electron chi connectivity index (χ1n) is 8.24. The number of rotatable bonds is 3. The van der Waals surface area contributed by atoms with Gasteiger partial charge in [-0.1, -0.05) is 24.3 Å². The molecular formula is C19H17FN4O. The van der Waals surface area contributed by atoms with E-state index >= 15 is 0 Å². The number of halogens is 1. The second-order valence-electron chi connectivity index (χ2n) is 6.12. The van der Waals surface area contributed by atoms with Gasteiger partial charge in [-0.05, 0) is 42.7 Å². The minimum Gasteiger partial charge on any atom is -0.332 e. The van der Waals surface area contributed by atoms with Gasteiger partial charge in [-0.15, -0.1) is 0 Å². The predicted molar refractivity (Wildman–Crippen MR) is 91.2 cm³/mol. The highest BCUT2D eigenvalue weighted by atomic mass is 19.1. The van der Waals surface area contributed by atoms with Gasteiger partial charge < -0.3 is 4.90 Å². The van der Waals surface area contributed by atoms with Crippen LogP contribution < -0.4 is 0 Å². The van der Waals surface area contributed by atoms with Gasteiger partial charge in [0.1, 0.15) is 12.1 Å². The van der Waals surface area contributed by atoms with E-state index in [1.165, 1.54) is 18.5 Å². The first-order chi connectivity index (χ1) is 12.2. The van der Waals surface area contributed by atoms with Crippen LogP contribution in [0.3, 0.4) is 0 Å². The molecule has 2 aromatic carbocycles. The van der Waals surface area contributed by atoms with Gasteiger partial charge in [-0.2, -0.15) is 5.10 Å². The zero-order chi connectivity index (χ0) is 17.2. The number of hydrogen-bond acceptors (Lipinski definition) is 3. The van der Waals surface area contributed by atoms with E-state index in [9.17, 15) is 9.18 Å². The van der Waals surface area contributed by atoms with Crippen molar-refractivity contribution in [2.24, 2.45) is 0 Å². The molecule has 0 bridgehead atoms. The van der Waals surface area contributed by atoms with E-state index in [-0.39, 0.29) is 17.8 Å². The summed E-state index contributed by atoms with van der Waals surface area (Å²) >= 11 is 0. The Bertz CT molecular complexity index is 859. The summed E-state index contributed by atoms with van der Waals surface area (Å²) in [6.07, 6.45) is 3.30. The monoisotopic (exact) mass is 336 g/mol. The molecule has 1 aliphatic heterocycles. The number of likely N-dealkylation sites (tertiary alicyclic amines) is 1. The third-order valence-electron chi connectivity index (χ3n) is 4.59. The molecule has 4 rings (SSSR count). The predicted octanol–water partition coefficient (Wildman–Crippen LogP) is 3.59. The Labute approximate surface area is 144 Å². The van der Waals surface area contributed by atoms with Crippen molar-refractivity contribution >= 4 is 5.91 Å². The standard InChI is InChI=1S/C19H17FN4O/c20-16-9-7-13(8-10-16)17-2-1-11-24(17)19(25)15-5-3-14(4-6-15)18-21-12-22-23-18/h3-10,12,17H,1-2,11H2,(H,21,22,23)/t17-/m1/s1. The van der Waals surface area contributed by atoms with Crippen molar-refractivity contribution in [3.63, 3.8) is 0 Å². The molecule has 0 radical (unpaired) electrons. The van der Waals surface area contributed by atoms with Gasteiger partial charge in [0.25, 0.3) is 5.91 Å². The SMILES string of the molecule is O=C(c1ccc(-c2ncn[nH]2)cc1)N1CCC[C@@H]1c1ccc(F)cc1. The summed E-state index contributed by atoms with van der Waals surface area (Å²) in [6, 6.07) is 13.7. The lowest BCUT2D eigenvalue weighted by Crippen LogP contribution is -2.30. The number of carbonyl (C=O) groups is 1. The lowest BCUT2D eigenvalue weighted by molar-refractivity contribution is 0.0735. The van der Waals surface area contributed by atoms with Crippen LogP contribution in [0.15, 0.2) is 54.9 Å². The van der Waals surface area contributed by atoms with Crippen LogP contribution in [0, 0.1) is 5.82 Å². The lowest BCUT2D eigenvalue weighted by atomic mass is 10.0. The second kappa shape index (κ2) is 6.47. The first-order valence-corrected chi connectivity index (χ1v) is 8.24. The number of aromatic nitrogens is 3. The van der Waals surface area contributed by atoms with Crippen molar-refractivity contribution in [2.45, 2.75) is 18.9 Å². The van der Waals surface area contributed by atoms with Crippen LogP contribution in [0.5, 0.6) is 0 Å². The van der Waals surface area contributed by atoms with Crippen LogP contribution in [0.2, 0.25) is 0 Å². The molecule has 25 heavy (non-hydrogen) atoms. The zero-order valence-corrected chi connectivity index (χ0v) is 13.5. The zero-order valence-electron chi connectivity index (χ0n) is 13.5. The molecular weight excluding hydrogens is 319 g/mol. The molecule has 1 fully saturated rings. The quantitative estimate of drug-likeness (QED) is 0.795. The van der Waals surface area contributed by atoms with Gasteiger partial charge in [0, 0.05) is 17.7 Å². The molecule has 3 aromatic rings. The third-order valence-corrected chi connectivity index (χ3v) is 4.59. The van der Waals surface area contributed by atoms with E-state index in [0.29, 0.717) is 17.9 Å². The molecule has 1 aromatic heterocycles. The summed E-state index contributed by atoms with van der Waals surface area (Å²) in [5.74, 6) is 0.405. The summed E-state index contributed by atoms with van der Waals surface area (Å²) < 4.78 is 13.2. The van der Waals surface area contributed by atoms with Crippen molar-refractivity contribution in [3.05, 3.63) is 71.8 Å². The second-order valence-corrected chi connectivity index (χ2v) is 6.12. The van der Waals surface area contributed by atoms with Gasteiger partial charge in [0.05, 0.1) is 6.04 Å². The van der Waals surface area contributed by atoms with Crippen LogP contribution in [0.4, 0.5) is 4.39 Å². The lowest BCUT2D eigenvalue weighted by Gasteiger charge is -2.25. The van der Waals surface area contributed by atoms with Gasteiger partial charge in [-0.25, -0.2) is 9.37 Å². The van der Waals surface area contributed by atoms with Crippen LogP contribution in [-0.4, -0.2) is 32.5 Å².